The number of carbonyl (C=O) groups excluding carboxylic acids is 4. The molecule has 0 spiro atoms. The zero-order valence-corrected chi connectivity index (χ0v) is 21.0. The predicted molar refractivity (Wildman–Crippen MR) is 140 cm³/mol. The van der Waals surface area contributed by atoms with E-state index in [1.165, 1.54) is 43.3 Å². The van der Waals surface area contributed by atoms with Crippen LogP contribution in [0, 0.1) is 17.4 Å². The topological polar surface area (TPSA) is 149 Å². The predicted octanol–water partition coefficient (Wildman–Crippen LogP) is 2.67. The van der Waals surface area contributed by atoms with Crippen LogP contribution in [-0.2, 0) is 23.9 Å². The Hall–Kier alpha value is -5.17. The van der Waals surface area contributed by atoms with E-state index in [1.807, 2.05) is 0 Å². The third kappa shape index (κ3) is 9.13. The number of rotatable bonds is 10. The Morgan fingerprint density at radius 1 is 1.03 bits per heavy atom. The Morgan fingerprint density at radius 2 is 1.66 bits per heavy atom. The molecule has 2 aromatic carbocycles. The monoisotopic (exact) mass is 517 g/mol. The lowest BCUT2D eigenvalue weighted by atomic mass is 10.1. The molecule has 0 saturated carbocycles. The highest BCUT2D eigenvalue weighted by Crippen LogP contribution is 2.16. The molecule has 10 heteroatoms. The van der Waals surface area contributed by atoms with Gasteiger partial charge in [-0.2, -0.15) is 0 Å². The van der Waals surface area contributed by atoms with E-state index in [4.69, 9.17) is 25.4 Å². The highest BCUT2D eigenvalue weighted by atomic mass is 16.5. The number of nitrogens with one attached hydrogen (secondary N) is 1. The number of nitrogens with zero attached hydrogens (tertiary/aromatic N) is 1. The Balaban J connectivity index is 2.14. The average molecular weight is 518 g/mol. The first-order chi connectivity index (χ1) is 18.1. The average Bonchev–Trinajstić information content (AvgIpc) is 2.90. The van der Waals surface area contributed by atoms with Crippen LogP contribution in [0.5, 0.6) is 5.75 Å². The number of benzene rings is 2. The molecule has 1 amide bonds. The molecule has 3 N–H and O–H groups in total. The van der Waals surface area contributed by atoms with E-state index in [0.717, 1.165) is 4.90 Å². The van der Waals surface area contributed by atoms with Gasteiger partial charge in [-0.05, 0) is 61.9 Å². The Kier molecular flexibility index (Phi) is 11.0. The van der Waals surface area contributed by atoms with Crippen LogP contribution in [0.2, 0.25) is 0 Å². The van der Waals surface area contributed by atoms with Crippen LogP contribution >= 0.6 is 0 Å². The molecule has 0 heterocycles. The van der Waals surface area contributed by atoms with Crippen LogP contribution < -0.4 is 10.5 Å². The molecule has 0 aliphatic heterocycles. The maximum Gasteiger partial charge on any atom is 0.386 e. The summed E-state index contributed by atoms with van der Waals surface area (Å²) in [6.45, 7) is 6.14. The van der Waals surface area contributed by atoms with Crippen LogP contribution in [0.1, 0.15) is 35.3 Å². The fourth-order valence-corrected chi connectivity index (χ4v) is 2.88. The molecule has 2 aromatic rings. The van der Waals surface area contributed by atoms with Gasteiger partial charge in [0.15, 0.2) is 0 Å². The van der Waals surface area contributed by atoms with Crippen LogP contribution in [0.4, 0.5) is 0 Å². The number of nitrogen functional groups attached to an aromatic ring is 1. The van der Waals surface area contributed by atoms with Crippen LogP contribution in [0.25, 0.3) is 6.08 Å². The lowest BCUT2D eigenvalue weighted by molar-refractivity contribution is -0.145. The minimum absolute atomic E-state index is 0.0422. The molecule has 0 atom stereocenters. The molecule has 10 nitrogen and oxygen atoms in total. The molecule has 0 aliphatic rings. The summed E-state index contributed by atoms with van der Waals surface area (Å²) in [7, 11) is 0. The lowest BCUT2D eigenvalue weighted by Crippen LogP contribution is -2.33. The highest BCUT2D eigenvalue weighted by molar-refractivity contribution is 6.01. The number of hydrogen-bond acceptors (Lipinski definition) is 8. The third-order valence-corrected chi connectivity index (χ3v) is 4.71. The first-order valence-corrected chi connectivity index (χ1v) is 11.4. The van der Waals surface area contributed by atoms with E-state index in [-0.39, 0.29) is 30.2 Å². The molecule has 0 radical (unpaired) electrons. The summed E-state index contributed by atoms with van der Waals surface area (Å²) >= 11 is 0. The molecular formula is C28H27N3O7. The summed E-state index contributed by atoms with van der Waals surface area (Å²) in [6.07, 6.45) is 2.91. The summed E-state index contributed by atoms with van der Waals surface area (Å²) in [4.78, 5) is 49.9. The summed E-state index contributed by atoms with van der Waals surface area (Å²) in [5.74, 6) is -0.441. The Morgan fingerprint density at radius 3 is 2.24 bits per heavy atom. The zero-order valence-electron chi connectivity index (χ0n) is 21.0. The second-order valence-corrected chi connectivity index (χ2v) is 7.60. The van der Waals surface area contributed by atoms with Crippen molar-refractivity contribution >= 4 is 35.7 Å². The van der Waals surface area contributed by atoms with Crippen molar-refractivity contribution in [2.24, 2.45) is 5.73 Å². The Bertz CT molecular complexity index is 1300. The summed E-state index contributed by atoms with van der Waals surface area (Å²) in [5, 5.41) is 7.40. The van der Waals surface area contributed by atoms with Crippen molar-refractivity contribution in [3.63, 3.8) is 0 Å². The minimum atomic E-state index is -0.844. The summed E-state index contributed by atoms with van der Waals surface area (Å²) in [6, 6.07) is 14.8. The molecule has 0 bridgehead atoms. The second-order valence-electron chi connectivity index (χ2n) is 7.60. The molecule has 196 valence electrons. The fourth-order valence-electron chi connectivity index (χ4n) is 2.88. The molecule has 0 saturated heterocycles. The first-order valence-electron chi connectivity index (χ1n) is 11.4. The van der Waals surface area contributed by atoms with Crippen molar-refractivity contribution in [1.29, 1.82) is 5.41 Å². The molecular weight excluding hydrogens is 490 g/mol. The van der Waals surface area contributed by atoms with Gasteiger partial charge < -0.3 is 19.9 Å². The molecule has 0 unspecified atom stereocenters. The molecule has 0 fully saturated rings. The van der Waals surface area contributed by atoms with Crippen molar-refractivity contribution < 1.29 is 33.4 Å². The third-order valence-electron chi connectivity index (χ3n) is 4.71. The second kappa shape index (κ2) is 14.4. The van der Waals surface area contributed by atoms with Crippen molar-refractivity contribution in [2.75, 3.05) is 19.8 Å². The van der Waals surface area contributed by atoms with E-state index in [2.05, 4.69) is 18.5 Å². The van der Waals surface area contributed by atoms with Crippen LogP contribution in [-0.4, -0.2) is 54.3 Å². The van der Waals surface area contributed by atoms with E-state index in [1.54, 1.807) is 31.2 Å². The summed E-state index contributed by atoms with van der Waals surface area (Å²) in [5.41, 5.74) is 6.99. The van der Waals surface area contributed by atoms with Crippen LogP contribution in [0.15, 0.2) is 66.8 Å². The van der Waals surface area contributed by atoms with E-state index < -0.39 is 30.4 Å². The molecule has 0 aliphatic carbocycles. The number of amidine groups is 1. The van der Waals surface area contributed by atoms with Crippen LogP contribution in [0.3, 0.4) is 0 Å². The van der Waals surface area contributed by atoms with E-state index >= 15 is 0 Å². The highest BCUT2D eigenvalue weighted by Gasteiger charge is 2.19. The maximum absolute atomic E-state index is 13.0. The number of hydrogen-bond donors (Lipinski definition) is 2. The molecule has 38 heavy (non-hydrogen) atoms. The SMILES string of the molecule is C=CCOC(=O)CN(C#CC(=O)OCC)C(=O)C(C)=Cc1ccc(C(=O)Oc2ccc(C(=N)N)cc2)cc1. The molecule has 0 aromatic heterocycles. The molecule has 2 rings (SSSR count). The van der Waals surface area contributed by atoms with Gasteiger partial charge >= 0.3 is 17.9 Å². The standard InChI is InChI=1S/C28H27N3O7/c1-4-16-37-25(33)18-31(15-14-24(32)36-5-2)27(34)19(3)17-20-6-8-22(9-7-20)28(35)38-23-12-10-21(11-13-23)26(29)30/h4,6-13,17H,1,5,16,18H2,2-3H3,(H3,29,30). The number of esters is 3. The normalized spacial score (nSPS) is 10.3. The number of nitrogens with two attached hydrogens (primary N) is 1. The van der Waals surface area contributed by atoms with Crippen molar-refractivity contribution in [3.05, 3.63) is 83.4 Å². The van der Waals surface area contributed by atoms with Crippen molar-refractivity contribution in [1.82, 2.24) is 4.90 Å². The number of ether oxygens (including phenoxy) is 3. The summed E-state index contributed by atoms with van der Waals surface area (Å²) < 4.78 is 15.0. The van der Waals surface area contributed by atoms with Gasteiger partial charge in [0.05, 0.1) is 12.2 Å². The van der Waals surface area contributed by atoms with Gasteiger partial charge in [0.1, 0.15) is 24.7 Å². The van der Waals surface area contributed by atoms with Gasteiger partial charge in [-0.3, -0.25) is 19.9 Å². The fraction of sp³-hybridized carbons (Fsp3) is 0.179. The number of carbonyl (C=O) groups is 4. The maximum atomic E-state index is 13.0. The van der Waals surface area contributed by atoms with Gasteiger partial charge in [0.2, 0.25) is 0 Å². The zero-order chi connectivity index (χ0) is 28.1. The van der Waals surface area contributed by atoms with Gasteiger partial charge in [-0.1, -0.05) is 24.8 Å². The van der Waals surface area contributed by atoms with E-state index in [9.17, 15) is 19.2 Å². The first kappa shape index (κ1) is 29.1. The Labute approximate surface area is 220 Å². The number of amides is 1. The van der Waals surface area contributed by atoms with Gasteiger partial charge in [0, 0.05) is 23.1 Å². The lowest BCUT2D eigenvalue weighted by Gasteiger charge is -2.15. The van der Waals surface area contributed by atoms with E-state index in [0.29, 0.717) is 16.9 Å². The quantitative estimate of drug-likeness (QED) is 0.0714. The van der Waals surface area contributed by atoms with Crippen molar-refractivity contribution in [3.8, 4) is 17.7 Å². The smallest absolute Gasteiger partial charge is 0.386 e. The van der Waals surface area contributed by atoms with Crippen molar-refractivity contribution in [2.45, 2.75) is 13.8 Å². The minimum Gasteiger partial charge on any atom is -0.460 e. The largest absolute Gasteiger partial charge is 0.460 e. The van der Waals surface area contributed by atoms with Gasteiger partial charge in [0.25, 0.3) is 5.91 Å². The van der Waals surface area contributed by atoms with Gasteiger partial charge in [-0.25, -0.2) is 9.59 Å². The van der Waals surface area contributed by atoms with Gasteiger partial charge in [-0.15, -0.1) is 0 Å².